The largest absolute Gasteiger partial charge is 0.444 e. The summed E-state index contributed by atoms with van der Waals surface area (Å²) in [5.74, 6) is -0.790. The van der Waals surface area contributed by atoms with Gasteiger partial charge in [0, 0.05) is 29.2 Å². The van der Waals surface area contributed by atoms with E-state index in [4.69, 9.17) is 15.4 Å². The number of amides is 1. The number of likely N-dealkylation sites (tertiary alicyclic amines) is 1. The number of ether oxygens (including phenoxy) is 1. The van der Waals surface area contributed by atoms with Crippen molar-refractivity contribution < 1.29 is 26.7 Å². The highest BCUT2D eigenvalue weighted by Gasteiger charge is 2.46. The number of nitrogens with zero attached hydrogens (tertiary/aromatic N) is 1. The number of hydrogen-bond acceptors (Lipinski definition) is 4. The van der Waals surface area contributed by atoms with Gasteiger partial charge in [-0.2, -0.15) is 0 Å². The van der Waals surface area contributed by atoms with E-state index in [9.17, 15) is 22.0 Å². The smallest absolute Gasteiger partial charge is 0.410 e. The fraction of sp³-hybridized carbons (Fsp3) is 0.917. The standard InChI is InChI=1S/C12H20ClF2NO4S/c1-11(2,3)20-10(17)16-6-4-12(5-7-16,9(14)15)8-21(13,18)19/h9H,4-8H2,1-3H3. The molecular formula is C12H20ClF2NO4S. The number of piperidine rings is 1. The lowest BCUT2D eigenvalue weighted by Gasteiger charge is -2.40. The monoisotopic (exact) mass is 347 g/mol. The Morgan fingerprint density at radius 1 is 1.33 bits per heavy atom. The van der Waals surface area contributed by atoms with E-state index in [2.05, 4.69) is 0 Å². The molecule has 1 fully saturated rings. The lowest BCUT2D eigenvalue weighted by atomic mass is 9.80. The summed E-state index contributed by atoms with van der Waals surface area (Å²) in [6.07, 6.45) is -3.66. The Balaban J connectivity index is 2.73. The van der Waals surface area contributed by atoms with Gasteiger partial charge in [0.05, 0.1) is 5.75 Å². The number of halogens is 3. The maximum atomic E-state index is 13.2. The van der Waals surface area contributed by atoms with Gasteiger partial charge in [-0.1, -0.05) is 0 Å². The van der Waals surface area contributed by atoms with Crippen LogP contribution in [0, 0.1) is 5.41 Å². The third-order valence-electron chi connectivity index (χ3n) is 3.33. The molecule has 0 bridgehead atoms. The lowest BCUT2D eigenvalue weighted by Crippen LogP contribution is -2.49. The van der Waals surface area contributed by atoms with Crippen LogP contribution in [0.3, 0.4) is 0 Å². The summed E-state index contributed by atoms with van der Waals surface area (Å²) in [6.45, 7) is 5.16. The number of hydrogen-bond donors (Lipinski definition) is 0. The maximum absolute atomic E-state index is 13.2. The van der Waals surface area contributed by atoms with Crippen LogP contribution in [0.1, 0.15) is 33.6 Å². The van der Waals surface area contributed by atoms with E-state index in [1.807, 2.05) is 0 Å². The molecular weight excluding hydrogens is 328 g/mol. The Labute approximate surface area is 128 Å². The van der Waals surface area contributed by atoms with Gasteiger partial charge in [0.15, 0.2) is 0 Å². The average Bonchev–Trinajstić information content (AvgIpc) is 2.24. The molecule has 1 rings (SSSR count). The van der Waals surface area contributed by atoms with Crippen molar-refractivity contribution in [3.05, 3.63) is 0 Å². The van der Waals surface area contributed by atoms with Crippen LogP contribution in [0.4, 0.5) is 13.6 Å². The van der Waals surface area contributed by atoms with Gasteiger partial charge in [-0.15, -0.1) is 0 Å². The normalized spacial score (nSPS) is 19.7. The highest BCUT2D eigenvalue weighted by atomic mass is 35.7. The Morgan fingerprint density at radius 3 is 2.14 bits per heavy atom. The highest BCUT2D eigenvalue weighted by Crippen LogP contribution is 2.40. The molecule has 9 heteroatoms. The molecule has 0 atom stereocenters. The van der Waals surface area contributed by atoms with Crippen LogP contribution in [0.15, 0.2) is 0 Å². The molecule has 0 radical (unpaired) electrons. The Morgan fingerprint density at radius 2 is 1.81 bits per heavy atom. The molecule has 5 nitrogen and oxygen atoms in total. The molecule has 0 unspecified atom stereocenters. The van der Waals surface area contributed by atoms with Crippen molar-refractivity contribution in [2.75, 3.05) is 18.8 Å². The minimum absolute atomic E-state index is 0.0195. The van der Waals surface area contributed by atoms with Crippen LogP contribution in [0.5, 0.6) is 0 Å². The van der Waals surface area contributed by atoms with Crippen LogP contribution >= 0.6 is 10.7 Å². The van der Waals surface area contributed by atoms with E-state index < -0.39 is 38.3 Å². The number of carbonyl (C=O) groups excluding carboxylic acids is 1. The second kappa shape index (κ2) is 6.24. The third kappa shape index (κ3) is 5.58. The van der Waals surface area contributed by atoms with Crippen molar-refractivity contribution in [1.82, 2.24) is 4.90 Å². The van der Waals surface area contributed by atoms with Crippen molar-refractivity contribution in [2.45, 2.75) is 45.6 Å². The van der Waals surface area contributed by atoms with Crippen molar-refractivity contribution >= 4 is 25.8 Å². The van der Waals surface area contributed by atoms with Crippen LogP contribution < -0.4 is 0 Å². The fourth-order valence-corrected chi connectivity index (χ4v) is 3.98. The van der Waals surface area contributed by atoms with Crippen molar-refractivity contribution in [1.29, 1.82) is 0 Å². The van der Waals surface area contributed by atoms with Gasteiger partial charge < -0.3 is 9.64 Å². The van der Waals surface area contributed by atoms with Gasteiger partial charge in [-0.3, -0.25) is 0 Å². The SMILES string of the molecule is CC(C)(C)OC(=O)N1CCC(CS(=O)(=O)Cl)(C(F)F)CC1. The van der Waals surface area contributed by atoms with Crippen LogP contribution in [0.2, 0.25) is 0 Å². The number of rotatable bonds is 3. The molecule has 21 heavy (non-hydrogen) atoms. The first-order chi connectivity index (χ1) is 9.35. The van der Waals surface area contributed by atoms with E-state index in [1.54, 1.807) is 20.8 Å². The first kappa shape index (κ1) is 18.4. The zero-order chi connectivity index (χ0) is 16.5. The zero-order valence-electron chi connectivity index (χ0n) is 12.2. The van der Waals surface area contributed by atoms with Gasteiger partial charge in [-0.05, 0) is 33.6 Å². The van der Waals surface area contributed by atoms with Crippen molar-refractivity contribution in [2.24, 2.45) is 5.41 Å². The molecule has 0 aromatic heterocycles. The van der Waals surface area contributed by atoms with Gasteiger partial charge in [0.1, 0.15) is 5.60 Å². The topological polar surface area (TPSA) is 63.7 Å². The molecule has 1 amide bonds. The molecule has 0 saturated carbocycles. The number of alkyl halides is 2. The lowest BCUT2D eigenvalue weighted by molar-refractivity contribution is -0.0398. The molecule has 0 aliphatic carbocycles. The molecule has 1 saturated heterocycles. The van der Waals surface area contributed by atoms with Crippen LogP contribution in [-0.4, -0.2) is 50.3 Å². The fourth-order valence-electron chi connectivity index (χ4n) is 2.23. The van der Waals surface area contributed by atoms with Crippen LogP contribution in [-0.2, 0) is 13.8 Å². The third-order valence-corrected chi connectivity index (χ3v) is 4.58. The van der Waals surface area contributed by atoms with Gasteiger partial charge in [-0.25, -0.2) is 22.0 Å². The maximum Gasteiger partial charge on any atom is 0.410 e. The molecule has 0 aromatic carbocycles. The molecule has 1 aliphatic rings. The Kier molecular flexibility index (Phi) is 5.47. The Hall–Kier alpha value is -0.630. The van der Waals surface area contributed by atoms with E-state index in [0.717, 1.165) is 0 Å². The van der Waals surface area contributed by atoms with Crippen molar-refractivity contribution in [3.63, 3.8) is 0 Å². The quantitative estimate of drug-likeness (QED) is 0.736. The van der Waals surface area contributed by atoms with E-state index >= 15 is 0 Å². The Bertz CT molecular complexity index is 482. The minimum Gasteiger partial charge on any atom is -0.444 e. The first-order valence-electron chi connectivity index (χ1n) is 6.53. The highest BCUT2D eigenvalue weighted by molar-refractivity contribution is 8.13. The first-order valence-corrected chi connectivity index (χ1v) is 9.01. The summed E-state index contributed by atoms with van der Waals surface area (Å²) in [6, 6.07) is 0. The predicted octanol–water partition coefficient (Wildman–Crippen LogP) is 2.84. The molecule has 0 aromatic rings. The molecule has 124 valence electrons. The van der Waals surface area contributed by atoms with Crippen molar-refractivity contribution in [3.8, 4) is 0 Å². The van der Waals surface area contributed by atoms with Gasteiger partial charge in [0.25, 0.3) is 0 Å². The summed E-state index contributed by atoms with van der Waals surface area (Å²) >= 11 is 0. The summed E-state index contributed by atoms with van der Waals surface area (Å²) in [5, 5.41) is 0. The summed E-state index contributed by atoms with van der Waals surface area (Å²) in [5.41, 5.74) is -2.37. The average molecular weight is 348 g/mol. The minimum atomic E-state index is -4.04. The molecule has 0 spiro atoms. The molecule has 1 aliphatic heterocycles. The second-order valence-corrected chi connectivity index (χ2v) is 9.09. The molecule has 1 heterocycles. The second-order valence-electron chi connectivity index (χ2n) is 6.31. The van der Waals surface area contributed by atoms with Gasteiger partial charge >= 0.3 is 6.09 Å². The summed E-state index contributed by atoms with van der Waals surface area (Å²) in [4.78, 5) is 13.2. The summed E-state index contributed by atoms with van der Waals surface area (Å²) < 4.78 is 53.9. The predicted molar refractivity (Wildman–Crippen MR) is 75.1 cm³/mol. The van der Waals surface area contributed by atoms with Crippen LogP contribution in [0.25, 0.3) is 0 Å². The van der Waals surface area contributed by atoms with Gasteiger partial charge in [0.2, 0.25) is 15.5 Å². The van der Waals surface area contributed by atoms with E-state index in [1.165, 1.54) is 4.90 Å². The van der Waals surface area contributed by atoms with E-state index in [0.29, 0.717) is 0 Å². The van der Waals surface area contributed by atoms with E-state index in [-0.39, 0.29) is 25.9 Å². The molecule has 0 N–H and O–H groups in total. The number of carbonyl (C=O) groups is 1. The summed E-state index contributed by atoms with van der Waals surface area (Å²) in [7, 11) is 1.08. The zero-order valence-corrected chi connectivity index (χ0v) is 13.8.